The zero-order valence-corrected chi connectivity index (χ0v) is 12.0. The van der Waals surface area contributed by atoms with Crippen molar-refractivity contribution in [1.82, 2.24) is 4.90 Å². The van der Waals surface area contributed by atoms with E-state index in [4.69, 9.17) is 0 Å². The number of carbonyl (C=O) groups excluding carboxylic acids is 3. The van der Waals surface area contributed by atoms with Crippen molar-refractivity contribution in [2.45, 2.75) is 6.54 Å². The Morgan fingerprint density at radius 2 is 1.50 bits per heavy atom. The summed E-state index contributed by atoms with van der Waals surface area (Å²) in [5.41, 5.74) is 1.39. The fourth-order valence-corrected chi connectivity index (χ4v) is 1.30. The molecule has 0 bridgehead atoms. The van der Waals surface area contributed by atoms with Gasteiger partial charge in [0.05, 0.1) is 0 Å². The average Bonchev–Trinajstić information content (AvgIpc) is 2.73. The molecule has 0 unspecified atom stereocenters. The molecule has 0 aliphatic heterocycles. The van der Waals surface area contributed by atoms with Crippen LogP contribution in [0.5, 0.6) is 0 Å². The van der Waals surface area contributed by atoms with Crippen LogP contribution in [0.4, 0.5) is 0 Å². The van der Waals surface area contributed by atoms with Crippen LogP contribution in [-0.4, -0.2) is 31.8 Å². The Kier molecular flexibility index (Phi) is 8.29. The van der Waals surface area contributed by atoms with Gasteiger partial charge in [0.15, 0.2) is 0 Å². The Bertz CT molecular complexity index is 464. The Morgan fingerprint density at radius 3 is 1.75 bits per heavy atom. The topological polar surface area (TPSA) is 54.5 Å². The molecule has 0 amide bonds. The Hall–Kier alpha value is -1.26. The summed E-state index contributed by atoms with van der Waals surface area (Å²) in [6.07, 6.45) is 0. The summed E-state index contributed by atoms with van der Waals surface area (Å²) in [7, 11) is 4.15. The third-order valence-electron chi connectivity index (χ3n) is 1.48. The molecule has 0 atom stereocenters. The van der Waals surface area contributed by atoms with Crippen LogP contribution in [0.15, 0.2) is 24.3 Å². The molecule has 4 nitrogen and oxygen atoms in total. The van der Waals surface area contributed by atoms with Crippen molar-refractivity contribution < 1.29 is 30.3 Å². The SMILES string of the molecule is CN(C)C[c-]1cccc1.O=[C]=[W](=[C]=O)=[C]=O. The van der Waals surface area contributed by atoms with Crippen LogP contribution in [0.2, 0.25) is 0 Å². The van der Waals surface area contributed by atoms with E-state index in [0.29, 0.717) is 0 Å². The van der Waals surface area contributed by atoms with Crippen molar-refractivity contribution in [3.63, 3.8) is 0 Å². The van der Waals surface area contributed by atoms with Crippen molar-refractivity contribution >= 4 is 12.8 Å². The van der Waals surface area contributed by atoms with Gasteiger partial charge in [-0.2, -0.15) is 12.1 Å². The van der Waals surface area contributed by atoms with Gasteiger partial charge in [0.25, 0.3) is 0 Å². The van der Waals surface area contributed by atoms with Gasteiger partial charge in [-0.25, -0.2) is 12.1 Å². The van der Waals surface area contributed by atoms with Gasteiger partial charge in [-0.05, 0) is 20.6 Å². The van der Waals surface area contributed by atoms with Crippen LogP contribution in [0, 0.1) is 0 Å². The van der Waals surface area contributed by atoms with Crippen LogP contribution in [0.25, 0.3) is 0 Å². The van der Waals surface area contributed by atoms with Crippen molar-refractivity contribution in [3.05, 3.63) is 29.8 Å². The van der Waals surface area contributed by atoms with Crippen molar-refractivity contribution in [3.8, 4) is 0 Å². The summed E-state index contributed by atoms with van der Waals surface area (Å²) >= 11 is -3.05. The maximum absolute atomic E-state index is 9.40. The fourth-order valence-electron chi connectivity index (χ4n) is 0.935. The van der Waals surface area contributed by atoms with E-state index >= 15 is 0 Å². The van der Waals surface area contributed by atoms with E-state index in [1.54, 1.807) is 0 Å². The first-order chi connectivity index (χ1) is 7.63. The van der Waals surface area contributed by atoms with E-state index in [9.17, 15) is 14.4 Å². The van der Waals surface area contributed by atoms with Crippen molar-refractivity contribution in [1.29, 1.82) is 0 Å². The molecule has 1 aromatic carbocycles. The monoisotopic (exact) mass is 390 g/mol. The van der Waals surface area contributed by atoms with E-state index in [1.807, 2.05) is 0 Å². The molecule has 0 heterocycles. The van der Waals surface area contributed by atoms with Gasteiger partial charge in [0.2, 0.25) is 0 Å². The predicted molar refractivity (Wildman–Crippen MR) is 56.5 cm³/mol. The minimum atomic E-state index is -3.05. The summed E-state index contributed by atoms with van der Waals surface area (Å²) in [6, 6.07) is 8.41. The molecule has 0 spiro atoms. The maximum atomic E-state index is 9.40. The summed E-state index contributed by atoms with van der Waals surface area (Å²) in [5, 5.41) is 0. The molecule has 5 heteroatoms. The molecular weight excluding hydrogens is 378 g/mol. The van der Waals surface area contributed by atoms with Crippen molar-refractivity contribution in [2.24, 2.45) is 0 Å². The van der Waals surface area contributed by atoms with E-state index in [1.165, 1.54) is 18.4 Å². The van der Waals surface area contributed by atoms with Gasteiger partial charge >= 0.3 is 43.1 Å². The summed E-state index contributed by atoms with van der Waals surface area (Å²) in [4.78, 5) is 30.4. The molecule has 0 saturated heterocycles. The first-order valence-electron chi connectivity index (χ1n) is 4.37. The number of hydrogen-bond donors (Lipinski definition) is 0. The van der Waals surface area contributed by atoms with Crippen LogP contribution in [-0.2, 0) is 36.9 Å². The van der Waals surface area contributed by atoms with E-state index in [2.05, 4.69) is 43.3 Å². The van der Waals surface area contributed by atoms with Gasteiger partial charge in [0, 0.05) is 0 Å². The van der Waals surface area contributed by atoms with Gasteiger partial charge in [-0.1, -0.05) is 0 Å². The van der Waals surface area contributed by atoms with Crippen molar-refractivity contribution in [2.75, 3.05) is 14.1 Å². The standard InChI is InChI=1S/C8H12N.3CO.W/c1-9(2)7-8-5-3-4-6-8;3*1-2;/h3-6H,7H2,1-2H3;;;;/q-1;;;;. The van der Waals surface area contributed by atoms with Crippen LogP contribution in [0.3, 0.4) is 0 Å². The summed E-state index contributed by atoms with van der Waals surface area (Å²) in [6.45, 7) is 1.05. The minimum absolute atomic E-state index is 1.05. The van der Waals surface area contributed by atoms with Gasteiger partial charge in [-0.15, -0.1) is 5.56 Å². The molecule has 0 saturated carbocycles. The second-order valence-electron chi connectivity index (χ2n) is 3.09. The summed E-state index contributed by atoms with van der Waals surface area (Å²) in [5.74, 6) is 0. The van der Waals surface area contributed by atoms with E-state index < -0.39 is 15.9 Å². The Labute approximate surface area is 98.6 Å². The van der Waals surface area contributed by atoms with Gasteiger partial charge < -0.3 is 4.90 Å². The average molecular weight is 390 g/mol. The van der Waals surface area contributed by atoms with E-state index in [-0.39, 0.29) is 0 Å². The molecule has 0 aromatic heterocycles. The van der Waals surface area contributed by atoms with E-state index in [0.717, 1.165) is 6.54 Å². The Morgan fingerprint density at radius 1 is 1.06 bits per heavy atom. The summed E-state index contributed by atoms with van der Waals surface area (Å²) < 4.78 is 3.90. The molecule has 0 radical (unpaired) electrons. The second kappa shape index (κ2) is 9.00. The molecule has 0 N–H and O–H groups in total. The van der Waals surface area contributed by atoms with Crippen LogP contribution >= 0.6 is 0 Å². The number of hydrogen-bond acceptors (Lipinski definition) is 4. The zero-order valence-electron chi connectivity index (χ0n) is 9.10. The first kappa shape index (κ1) is 14.7. The predicted octanol–water partition coefficient (Wildman–Crippen LogP) is 0.273. The zero-order chi connectivity index (χ0) is 12.4. The molecular formula is C11H12NO3W-. The van der Waals surface area contributed by atoms with Gasteiger partial charge in [-0.3, -0.25) is 0 Å². The first-order valence-corrected chi connectivity index (χ1v) is 8.77. The third kappa shape index (κ3) is 7.09. The molecule has 0 aliphatic rings. The second-order valence-corrected chi connectivity index (χ2v) is 7.08. The molecule has 0 fully saturated rings. The number of nitrogens with zero attached hydrogens (tertiary/aromatic N) is 1. The molecule has 1 rings (SSSR count). The molecule has 86 valence electrons. The molecule has 16 heavy (non-hydrogen) atoms. The third-order valence-corrected chi connectivity index (χ3v) is 3.28. The molecule has 0 aliphatic carbocycles. The number of rotatable bonds is 2. The van der Waals surface area contributed by atoms with Crippen LogP contribution < -0.4 is 0 Å². The Balaban J connectivity index is 0.000000293. The van der Waals surface area contributed by atoms with Crippen LogP contribution in [0.1, 0.15) is 5.56 Å². The fraction of sp³-hybridized carbons (Fsp3) is 0.273. The van der Waals surface area contributed by atoms with Gasteiger partial charge in [0.1, 0.15) is 0 Å². The molecule has 1 aromatic rings. The quantitative estimate of drug-likeness (QED) is 0.681. The normalized spacial score (nSPS) is 8.19.